The van der Waals surface area contributed by atoms with E-state index < -0.39 is 0 Å². The lowest BCUT2D eigenvalue weighted by Gasteiger charge is -2.39. The molecule has 0 aromatic heterocycles. The molecule has 1 saturated carbocycles. The van der Waals surface area contributed by atoms with E-state index in [9.17, 15) is 0 Å². The monoisotopic (exact) mass is 200 g/mol. The van der Waals surface area contributed by atoms with Crippen LogP contribution < -0.4 is 0 Å². The number of aryl methyl sites for hydroxylation is 1. The maximum Gasteiger partial charge on any atom is -0.0131 e. The van der Waals surface area contributed by atoms with Gasteiger partial charge in [0.1, 0.15) is 0 Å². The molecule has 3 rings (SSSR count). The number of hydrogen-bond acceptors (Lipinski definition) is 0. The van der Waals surface area contributed by atoms with Crippen molar-refractivity contribution in [2.75, 3.05) is 0 Å². The van der Waals surface area contributed by atoms with Gasteiger partial charge in [-0.25, -0.2) is 0 Å². The lowest BCUT2D eigenvalue weighted by atomic mass is 9.66. The van der Waals surface area contributed by atoms with Crippen molar-refractivity contribution in [3.05, 3.63) is 35.4 Å². The van der Waals surface area contributed by atoms with Crippen molar-refractivity contribution in [3.63, 3.8) is 0 Å². The fourth-order valence-corrected chi connectivity index (χ4v) is 3.69. The molecule has 3 atom stereocenters. The van der Waals surface area contributed by atoms with Gasteiger partial charge in [0.05, 0.1) is 0 Å². The van der Waals surface area contributed by atoms with Crippen molar-refractivity contribution in [1.29, 1.82) is 0 Å². The van der Waals surface area contributed by atoms with E-state index in [-0.39, 0.29) is 0 Å². The summed E-state index contributed by atoms with van der Waals surface area (Å²) in [6, 6.07) is 9.13. The SMILES string of the molecule is CC1CCC2c3ccccc3CCC2C1. The van der Waals surface area contributed by atoms with Gasteiger partial charge in [-0.3, -0.25) is 0 Å². The fourth-order valence-electron chi connectivity index (χ4n) is 3.69. The van der Waals surface area contributed by atoms with E-state index >= 15 is 0 Å². The predicted molar refractivity (Wildman–Crippen MR) is 64.0 cm³/mol. The molecule has 0 radical (unpaired) electrons. The molecule has 1 aromatic rings. The molecule has 0 heteroatoms. The second-order valence-corrected chi connectivity index (χ2v) is 5.52. The average molecular weight is 200 g/mol. The molecular formula is C15H20. The van der Waals surface area contributed by atoms with Gasteiger partial charge in [-0.05, 0) is 54.6 Å². The van der Waals surface area contributed by atoms with Gasteiger partial charge < -0.3 is 0 Å². The minimum atomic E-state index is 0.895. The molecule has 0 saturated heterocycles. The van der Waals surface area contributed by atoms with E-state index in [0.717, 1.165) is 17.8 Å². The molecule has 80 valence electrons. The Kier molecular flexibility index (Phi) is 2.31. The fraction of sp³-hybridized carbons (Fsp3) is 0.600. The first kappa shape index (κ1) is 9.45. The molecule has 1 aromatic carbocycles. The average Bonchev–Trinajstić information content (AvgIpc) is 2.28. The van der Waals surface area contributed by atoms with Gasteiger partial charge in [-0.2, -0.15) is 0 Å². The standard InChI is InChI=1S/C15H20/c1-11-6-9-15-13(10-11)8-7-12-4-2-3-5-14(12)15/h2-5,11,13,15H,6-10H2,1H3. The van der Waals surface area contributed by atoms with Gasteiger partial charge in [0.25, 0.3) is 0 Å². The number of rotatable bonds is 0. The first-order valence-electron chi connectivity index (χ1n) is 6.42. The van der Waals surface area contributed by atoms with Crippen LogP contribution in [-0.2, 0) is 6.42 Å². The summed E-state index contributed by atoms with van der Waals surface area (Å²) < 4.78 is 0. The normalized spacial score (nSPS) is 34.3. The van der Waals surface area contributed by atoms with Crippen molar-refractivity contribution in [3.8, 4) is 0 Å². The maximum absolute atomic E-state index is 2.43. The first-order chi connectivity index (χ1) is 7.34. The summed E-state index contributed by atoms with van der Waals surface area (Å²) in [5, 5.41) is 0. The Balaban J connectivity index is 1.93. The summed E-state index contributed by atoms with van der Waals surface area (Å²) >= 11 is 0. The highest BCUT2D eigenvalue weighted by atomic mass is 14.4. The third kappa shape index (κ3) is 1.60. The quantitative estimate of drug-likeness (QED) is 0.590. The summed E-state index contributed by atoms with van der Waals surface area (Å²) in [4.78, 5) is 0. The van der Waals surface area contributed by atoms with Crippen LogP contribution in [0, 0.1) is 11.8 Å². The Bertz CT molecular complexity index is 353. The molecule has 1 fully saturated rings. The number of hydrogen-bond donors (Lipinski definition) is 0. The summed E-state index contributed by atoms with van der Waals surface area (Å²) in [7, 11) is 0. The van der Waals surface area contributed by atoms with E-state index in [1.165, 1.54) is 32.1 Å². The molecule has 0 bridgehead atoms. The van der Waals surface area contributed by atoms with Gasteiger partial charge >= 0.3 is 0 Å². The molecule has 15 heavy (non-hydrogen) atoms. The van der Waals surface area contributed by atoms with E-state index in [2.05, 4.69) is 31.2 Å². The number of fused-ring (bicyclic) bond motifs is 3. The second-order valence-electron chi connectivity index (χ2n) is 5.52. The van der Waals surface area contributed by atoms with Crippen LogP contribution in [0.5, 0.6) is 0 Å². The third-order valence-corrected chi connectivity index (χ3v) is 4.48. The van der Waals surface area contributed by atoms with E-state index in [4.69, 9.17) is 0 Å². The first-order valence-corrected chi connectivity index (χ1v) is 6.42. The highest BCUT2D eigenvalue weighted by molar-refractivity contribution is 5.33. The molecule has 0 nitrogen and oxygen atoms in total. The van der Waals surface area contributed by atoms with E-state index in [1.54, 1.807) is 11.1 Å². The molecule has 0 spiro atoms. The lowest BCUT2D eigenvalue weighted by molar-refractivity contribution is 0.221. The zero-order valence-electron chi connectivity index (χ0n) is 9.58. The Morgan fingerprint density at radius 2 is 1.93 bits per heavy atom. The van der Waals surface area contributed by atoms with Crippen LogP contribution in [0.4, 0.5) is 0 Å². The Morgan fingerprint density at radius 1 is 1.07 bits per heavy atom. The summed E-state index contributed by atoms with van der Waals surface area (Å²) in [6.45, 7) is 2.43. The largest absolute Gasteiger partial charge is 0.0625 e. The van der Waals surface area contributed by atoms with Gasteiger partial charge in [-0.1, -0.05) is 37.6 Å². The Labute approximate surface area is 92.7 Å². The highest BCUT2D eigenvalue weighted by Gasteiger charge is 2.33. The van der Waals surface area contributed by atoms with Crippen LogP contribution in [-0.4, -0.2) is 0 Å². The van der Waals surface area contributed by atoms with Crippen molar-refractivity contribution < 1.29 is 0 Å². The van der Waals surface area contributed by atoms with Crippen LogP contribution >= 0.6 is 0 Å². The van der Waals surface area contributed by atoms with Gasteiger partial charge in [0, 0.05) is 0 Å². The van der Waals surface area contributed by atoms with Crippen molar-refractivity contribution in [1.82, 2.24) is 0 Å². The Hall–Kier alpha value is -0.780. The van der Waals surface area contributed by atoms with Crippen LogP contribution in [0.1, 0.15) is 49.7 Å². The van der Waals surface area contributed by atoms with Gasteiger partial charge in [0.15, 0.2) is 0 Å². The third-order valence-electron chi connectivity index (χ3n) is 4.48. The molecule has 0 aliphatic heterocycles. The molecule has 0 N–H and O–H groups in total. The smallest absolute Gasteiger partial charge is 0.0131 e. The molecule has 3 unspecified atom stereocenters. The minimum Gasteiger partial charge on any atom is -0.0625 e. The van der Waals surface area contributed by atoms with Crippen LogP contribution in [0.25, 0.3) is 0 Å². The van der Waals surface area contributed by atoms with E-state index in [1.807, 2.05) is 0 Å². The zero-order chi connectivity index (χ0) is 10.3. The maximum atomic E-state index is 2.43. The van der Waals surface area contributed by atoms with E-state index in [0.29, 0.717) is 0 Å². The van der Waals surface area contributed by atoms with Crippen molar-refractivity contribution in [2.24, 2.45) is 11.8 Å². The zero-order valence-corrected chi connectivity index (χ0v) is 9.58. The lowest BCUT2D eigenvalue weighted by Crippen LogP contribution is -2.27. The van der Waals surface area contributed by atoms with Crippen LogP contribution in [0.2, 0.25) is 0 Å². The molecular weight excluding hydrogens is 180 g/mol. The topological polar surface area (TPSA) is 0 Å². The molecule has 0 amide bonds. The highest BCUT2D eigenvalue weighted by Crippen LogP contribution is 2.46. The molecule has 0 heterocycles. The molecule has 2 aliphatic rings. The second kappa shape index (κ2) is 3.66. The minimum absolute atomic E-state index is 0.895. The van der Waals surface area contributed by atoms with Crippen molar-refractivity contribution in [2.45, 2.75) is 44.9 Å². The van der Waals surface area contributed by atoms with Crippen LogP contribution in [0.3, 0.4) is 0 Å². The van der Waals surface area contributed by atoms with Gasteiger partial charge in [-0.15, -0.1) is 0 Å². The summed E-state index contributed by atoms with van der Waals surface area (Å²) in [5.74, 6) is 2.85. The van der Waals surface area contributed by atoms with Crippen molar-refractivity contribution >= 4 is 0 Å². The summed E-state index contributed by atoms with van der Waals surface area (Å²) in [5.41, 5.74) is 3.31. The molecule has 2 aliphatic carbocycles. The Morgan fingerprint density at radius 3 is 2.87 bits per heavy atom. The van der Waals surface area contributed by atoms with Gasteiger partial charge in [0.2, 0.25) is 0 Å². The predicted octanol–water partition coefficient (Wildman–Crippen LogP) is 4.15. The number of benzene rings is 1. The summed E-state index contributed by atoms with van der Waals surface area (Å²) in [6.07, 6.45) is 7.10. The van der Waals surface area contributed by atoms with Crippen LogP contribution in [0.15, 0.2) is 24.3 Å².